The Bertz CT molecular complexity index is 1200. The van der Waals surface area contributed by atoms with Crippen molar-refractivity contribution in [3.8, 4) is 0 Å². The van der Waals surface area contributed by atoms with Crippen LogP contribution in [0.1, 0.15) is 30.4 Å². The number of anilines is 1. The maximum absolute atomic E-state index is 13.2. The van der Waals surface area contributed by atoms with Gasteiger partial charge in [-0.1, -0.05) is 29.8 Å². The summed E-state index contributed by atoms with van der Waals surface area (Å²) in [5, 5.41) is 12.4. The first kappa shape index (κ1) is 27.1. The van der Waals surface area contributed by atoms with Crippen molar-refractivity contribution in [3.63, 3.8) is 0 Å². The van der Waals surface area contributed by atoms with Crippen LogP contribution in [0.4, 0.5) is 5.69 Å². The molecule has 0 saturated carbocycles. The first-order valence-corrected chi connectivity index (χ1v) is 14.2. The average Bonchev–Trinajstić information content (AvgIpc) is 3.28. The van der Waals surface area contributed by atoms with Crippen molar-refractivity contribution in [2.24, 2.45) is 0 Å². The van der Waals surface area contributed by atoms with Gasteiger partial charge in [-0.2, -0.15) is 4.31 Å². The maximum atomic E-state index is 13.2. The van der Waals surface area contributed by atoms with Crippen molar-refractivity contribution < 1.29 is 23.1 Å². The number of carbonyl (C=O) groups is 2. The number of carboxylic acid groups (broad SMARTS) is 1. The van der Waals surface area contributed by atoms with Crippen LogP contribution < -0.4 is 10.2 Å². The van der Waals surface area contributed by atoms with Crippen LogP contribution in [-0.4, -0.2) is 86.5 Å². The fourth-order valence-electron chi connectivity index (χ4n) is 4.99. The molecule has 2 fully saturated rings. The second kappa shape index (κ2) is 11.6. The average molecular weight is 529 g/mol. The Morgan fingerprint density at radius 1 is 0.973 bits per heavy atom. The third-order valence-electron chi connectivity index (χ3n) is 7.21. The maximum Gasteiger partial charge on any atom is 0.326 e. The number of likely N-dealkylation sites (N-methyl/N-ethyl adjacent to an activating group) is 1. The number of hydrogen-bond acceptors (Lipinski definition) is 6. The Kier molecular flexibility index (Phi) is 8.51. The molecule has 1 amide bonds. The Morgan fingerprint density at radius 3 is 2.35 bits per heavy atom. The predicted octanol–water partition coefficient (Wildman–Crippen LogP) is 2.10. The van der Waals surface area contributed by atoms with Crippen LogP contribution in [0.5, 0.6) is 0 Å². The van der Waals surface area contributed by atoms with E-state index in [1.165, 1.54) is 16.4 Å². The largest absolute Gasteiger partial charge is 0.480 e. The molecule has 4 rings (SSSR count). The van der Waals surface area contributed by atoms with Crippen molar-refractivity contribution in [3.05, 3.63) is 59.7 Å². The van der Waals surface area contributed by atoms with E-state index in [0.29, 0.717) is 12.8 Å². The summed E-state index contributed by atoms with van der Waals surface area (Å²) in [6.07, 6.45) is 2.09. The van der Waals surface area contributed by atoms with Gasteiger partial charge >= 0.3 is 5.97 Å². The first-order valence-electron chi connectivity index (χ1n) is 12.8. The van der Waals surface area contributed by atoms with E-state index in [4.69, 9.17) is 0 Å². The monoisotopic (exact) mass is 528 g/mol. The predicted molar refractivity (Wildman–Crippen MR) is 142 cm³/mol. The Balaban J connectivity index is 1.42. The molecule has 0 aliphatic carbocycles. The molecular formula is C27H36N4O5S. The van der Waals surface area contributed by atoms with Gasteiger partial charge in [-0.3, -0.25) is 4.79 Å². The number of sulfonamides is 1. The summed E-state index contributed by atoms with van der Waals surface area (Å²) < 4.78 is 27.6. The smallest absolute Gasteiger partial charge is 0.326 e. The SMILES string of the molecule is Cc1ccc(S(=O)(=O)N2CCC[C@H]2C(=O)N[C@@H](Cc2ccc(N3CCCN(C)CC3)cc2)C(=O)O)cc1. The van der Waals surface area contributed by atoms with E-state index in [-0.39, 0.29) is 17.9 Å². The first-order chi connectivity index (χ1) is 17.6. The minimum Gasteiger partial charge on any atom is -0.480 e. The number of amides is 1. The molecule has 2 aromatic rings. The summed E-state index contributed by atoms with van der Waals surface area (Å²) in [5.41, 5.74) is 2.82. The molecule has 2 atom stereocenters. The minimum absolute atomic E-state index is 0.113. The molecule has 2 N–H and O–H groups in total. The summed E-state index contributed by atoms with van der Waals surface area (Å²) >= 11 is 0. The lowest BCUT2D eigenvalue weighted by Crippen LogP contribution is -2.51. The normalized spacial score (nSPS) is 20.4. The fraction of sp³-hybridized carbons (Fsp3) is 0.481. The Hall–Kier alpha value is -2.95. The van der Waals surface area contributed by atoms with Gasteiger partial charge in [0.25, 0.3) is 0 Å². The van der Waals surface area contributed by atoms with Crippen molar-refractivity contribution in [2.75, 3.05) is 44.7 Å². The van der Waals surface area contributed by atoms with Crippen molar-refractivity contribution in [2.45, 2.75) is 49.6 Å². The molecule has 9 nitrogen and oxygen atoms in total. The number of rotatable bonds is 8. The molecule has 2 heterocycles. The molecule has 2 aliphatic rings. The molecule has 0 radical (unpaired) electrons. The standard InChI is InChI=1S/C27H36N4O5S/c1-20-6-12-23(13-7-20)37(35,36)31-16-3-5-25(31)26(32)28-24(27(33)34)19-21-8-10-22(11-9-21)30-15-4-14-29(2)17-18-30/h6-13,24-25H,3-5,14-19H2,1-2H3,(H,28,32)(H,33,34)/t24-,25-/m0/s1. The van der Waals surface area contributed by atoms with Gasteiger partial charge in [-0.15, -0.1) is 0 Å². The number of benzene rings is 2. The lowest BCUT2D eigenvalue weighted by atomic mass is 10.0. The second-order valence-electron chi connectivity index (χ2n) is 10.0. The van der Waals surface area contributed by atoms with Crippen LogP contribution >= 0.6 is 0 Å². The zero-order valence-corrected chi connectivity index (χ0v) is 22.3. The Morgan fingerprint density at radius 2 is 1.68 bits per heavy atom. The van der Waals surface area contributed by atoms with E-state index in [9.17, 15) is 23.1 Å². The fourth-order valence-corrected chi connectivity index (χ4v) is 6.64. The van der Waals surface area contributed by atoms with Crippen LogP contribution in [0.2, 0.25) is 0 Å². The number of carboxylic acids is 1. The minimum atomic E-state index is -3.87. The molecular weight excluding hydrogens is 492 g/mol. The second-order valence-corrected chi connectivity index (χ2v) is 11.9. The topological polar surface area (TPSA) is 110 Å². The highest BCUT2D eigenvalue weighted by Crippen LogP contribution is 2.27. The lowest BCUT2D eigenvalue weighted by molar-refractivity contribution is -0.142. The molecule has 200 valence electrons. The summed E-state index contributed by atoms with van der Waals surface area (Å²) in [5.74, 6) is -1.73. The Labute approximate surface area is 219 Å². The van der Waals surface area contributed by atoms with E-state index >= 15 is 0 Å². The highest BCUT2D eigenvalue weighted by Gasteiger charge is 2.40. The summed E-state index contributed by atoms with van der Waals surface area (Å²) in [6.45, 7) is 6.06. The number of nitrogens with one attached hydrogen (secondary N) is 1. The zero-order chi connectivity index (χ0) is 26.6. The van der Waals surface area contributed by atoms with Gasteiger partial charge in [-0.05, 0) is 69.6 Å². The van der Waals surface area contributed by atoms with Gasteiger partial charge in [0.2, 0.25) is 15.9 Å². The van der Waals surface area contributed by atoms with E-state index in [1.807, 2.05) is 31.2 Å². The van der Waals surface area contributed by atoms with E-state index in [2.05, 4.69) is 22.2 Å². The van der Waals surface area contributed by atoms with Crippen LogP contribution in [0.3, 0.4) is 0 Å². The van der Waals surface area contributed by atoms with Gasteiger partial charge in [0, 0.05) is 38.3 Å². The number of hydrogen-bond donors (Lipinski definition) is 2. The van der Waals surface area contributed by atoms with Crippen molar-refractivity contribution in [1.82, 2.24) is 14.5 Å². The van der Waals surface area contributed by atoms with E-state index in [1.54, 1.807) is 12.1 Å². The molecule has 0 aromatic heterocycles. The van der Waals surface area contributed by atoms with Crippen molar-refractivity contribution in [1.29, 1.82) is 0 Å². The number of aryl methyl sites for hydroxylation is 1. The molecule has 37 heavy (non-hydrogen) atoms. The molecule has 2 saturated heterocycles. The summed E-state index contributed by atoms with van der Waals surface area (Å²) in [7, 11) is -1.75. The number of carbonyl (C=O) groups excluding carboxylic acids is 1. The summed E-state index contributed by atoms with van der Waals surface area (Å²) in [6, 6.07) is 12.2. The van der Waals surface area contributed by atoms with Crippen LogP contribution in [0, 0.1) is 6.92 Å². The van der Waals surface area contributed by atoms with E-state index in [0.717, 1.165) is 49.4 Å². The van der Waals surface area contributed by atoms with Crippen molar-refractivity contribution >= 4 is 27.6 Å². The number of nitrogens with zero attached hydrogens (tertiary/aromatic N) is 3. The molecule has 0 spiro atoms. The molecule has 10 heteroatoms. The quantitative estimate of drug-likeness (QED) is 0.540. The van der Waals surface area contributed by atoms with Gasteiger partial charge in [-0.25, -0.2) is 13.2 Å². The van der Waals surface area contributed by atoms with Gasteiger partial charge < -0.3 is 20.2 Å². The summed E-state index contributed by atoms with van der Waals surface area (Å²) in [4.78, 5) is 29.9. The van der Waals surface area contributed by atoms with Gasteiger partial charge in [0.05, 0.1) is 4.90 Å². The molecule has 2 aromatic carbocycles. The van der Waals surface area contributed by atoms with Gasteiger partial charge in [0.15, 0.2) is 0 Å². The highest BCUT2D eigenvalue weighted by molar-refractivity contribution is 7.89. The molecule has 0 unspecified atom stereocenters. The van der Waals surface area contributed by atoms with Crippen LogP contribution in [0.15, 0.2) is 53.4 Å². The molecule has 2 aliphatic heterocycles. The van der Waals surface area contributed by atoms with Crippen LogP contribution in [0.25, 0.3) is 0 Å². The zero-order valence-electron chi connectivity index (χ0n) is 21.5. The third-order valence-corrected chi connectivity index (χ3v) is 9.13. The third kappa shape index (κ3) is 6.49. The van der Waals surface area contributed by atoms with Gasteiger partial charge in [0.1, 0.15) is 12.1 Å². The lowest BCUT2D eigenvalue weighted by Gasteiger charge is -2.25. The molecule has 0 bridgehead atoms. The van der Waals surface area contributed by atoms with Crippen LogP contribution in [-0.2, 0) is 26.0 Å². The van der Waals surface area contributed by atoms with E-state index < -0.39 is 34.0 Å². The highest BCUT2D eigenvalue weighted by atomic mass is 32.2. The number of aliphatic carboxylic acids is 1.